The van der Waals surface area contributed by atoms with Crippen LogP contribution in [-0.4, -0.2) is 31.4 Å². The highest BCUT2D eigenvalue weighted by atomic mass is 35.5. The largest absolute Gasteiger partial charge is 0.465 e. The Morgan fingerprint density at radius 1 is 1.30 bits per heavy atom. The Bertz CT molecular complexity index is 546. The van der Waals surface area contributed by atoms with Crippen LogP contribution in [0, 0.1) is 0 Å². The predicted molar refractivity (Wildman–Crippen MR) is 99.6 cm³/mol. The highest BCUT2D eigenvalue weighted by Crippen LogP contribution is 2.40. The molecule has 0 aromatic heterocycles. The van der Waals surface area contributed by atoms with Crippen LogP contribution >= 0.6 is 23.4 Å². The molecule has 0 saturated carbocycles. The number of anilines is 1. The van der Waals surface area contributed by atoms with E-state index in [2.05, 4.69) is 11.0 Å². The van der Waals surface area contributed by atoms with E-state index in [0.717, 1.165) is 35.1 Å². The molecular formula is C18H26ClNO2S. The van der Waals surface area contributed by atoms with Crippen LogP contribution in [0.4, 0.5) is 5.69 Å². The summed E-state index contributed by atoms with van der Waals surface area (Å²) in [6.45, 7) is 8.30. The topological polar surface area (TPSA) is 29.5 Å². The molecule has 1 heterocycles. The molecule has 1 aromatic rings. The maximum atomic E-state index is 12.5. The Hall–Kier alpha value is -0.870. The molecule has 1 atom stereocenters. The number of esters is 1. The summed E-state index contributed by atoms with van der Waals surface area (Å²) in [5.41, 5.74) is 1.98. The molecule has 1 aromatic carbocycles. The van der Waals surface area contributed by atoms with E-state index in [9.17, 15) is 4.79 Å². The van der Waals surface area contributed by atoms with Gasteiger partial charge in [-0.3, -0.25) is 4.79 Å². The van der Waals surface area contributed by atoms with Gasteiger partial charge in [0.25, 0.3) is 0 Å². The molecule has 0 aliphatic carbocycles. The van der Waals surface area contributed by atoms with Crippen molar-refractivity contribution in [2.75, 3.05) is 30.3 Å². The minimum atomic E-state index is -0.713. The van der Waals surface area contributed by atoms with E-state index in [0.29, 0.717) is 6.61 Å². The van der Waals surface area contributed by atoms with Crippen molar-refractivity contribution in [2.24, 2.45) is 0 Å². The Labute approximate surface area is 148 Å². The lowest BCUT2D eigenvalue weighted by atomic mass is 9.99. The van der Waals surface area contributed by atoms with Gasteiger partial charge in [-0.1, -0.05) is 24.6 Å². The zero-order valence-electron chi connectivity index (χ0n) is 14.2. The van der Waals surface area contributed by atoms with Gasteiger partial charge in [0.1, 0.15) is 4.75 Å². The number of rotatable bonds is 6. The van der Waals surface area contributed by atoms with E-state index < -0.39 is 4.75 Å². The fraction of sp³-hybridized carbons (Fsp3) is 0.611. The maximum absolute atomic E-state index is 12.5. The summed E-state index contributed by atoms with van der Waals surface area (Å²) in [6.07, 6.45) is 3.72. The van der Waals surface area contributed by atoms with E-state index >= 15 is 0 Å². The molecule has 1 aliphatic rings. The summed E-state index contributed by atoms with van der Waals surface area (Å²) in [4.78, 5) is 14.8. The number of nitrogens with zero attached hydrogens (tertiary/aromatic N) is 1. The molecule has 1 fully saturated rings. The van der Waals surface area contributed by atoms with Crippen molar-refractivity contribution in [3.63, 3.8) is 0 Å². The second kappa shape index (κ2) is 8.29. The molecule has 0 amide bonds. The van der Waals surface area contributed by atoms with Crippen molar-refractivity contribution in [2.45, 2.75) is 44.8 Å². The number of benzene rings is 1. The Kier molecular flexibility index (Phi) is 6.66. The van der Waals surface area contributed by atoms with Gasteiger partial charge in [-0.15, -0.1) is 11.8 Å². The van der Waals surface area contributed by atoms with Crippen LogP contribution in [-0.2, 0) is 14.3 Å². The van der Waals surface area contributed by atoms with Crippen molar-refractivity contribution in [1.82, 2.24) is 0 Å². The molecule has 23 heavy (non-hydrogen) atoms. The molecule has 1 saturated heterocycles. The van der Waals surface area contributed by atoms with Gasteiger partial charge in [-0.25, -0.2) is 0 Å². The third-order valence-electron chi connectivity index (χ3n) is 4.29. The minimum absolute atomic E-state index is 0.200. The monoisotopic (exact) mass is 355 g/mol. The Morgan fingerprint density at radius 2 is 2.00 bits per heavy atom. The number of thioether (sulfide) groups is 1. The first-order valence-electron chi connectivity index (χ1n) is 8.39. The molecular weight excluding hydrogens is 330 g/mol. The first-order valence-corrected chi connectivity index (χ1v) is 9.75. The minimum Gasteiger partial charge on any atom is -0.465 e. The number of carbonyl (C=O) groups excluding carboxylic acids is 1. The molecule has 1 unspecified atom stereocenters. The van der Waals surface area contributed by atoms with Gasteiger partial charge < -0.3 is 9.64 Å². The van der Waals surface area contributed by atoms with Crippen LogP contribution < -0.4 is 4.90 Å². The highest BCUT2D eigenvalue weighted by Gasteiger charge is 2.37. The zero-order chi connectivity index (χ0) is 16.9. The van der Waals surface area contributed by atoms with Gasteiger partial charge in [0.05, 0.1) is 17.3 Å². The molecule has 2 rings (SSSR count). The van der Waals surface area contributed by atoms with Crippen molar-refractivity contribution >= 4 is 35.0 Å². The number of halogens is 1. The van der Waals surface area contributed by atoms with Crippen LogP contribution in [0.2, 0.25) is 5.02 Å². The van der Waals surface area contributed by atoms with Crippen LogP contribution in [0.1, 0.15) is 45.6 Å². The van der Waals surface area contributed by atoms with E-state index in [1.165, 1.54) is 19.3 Å². The van der Waals surface area contributed by atoms with Crippen molar-refractivity contribution in [3.8, 4) is 0 Å². The first kappa shape index (κ1) is 18.5. The summed E-state index contributed by atoms with van der Waals surface area (Å²) in [5.74, 6) is 0.634. The molecule has 0 spiro atoms. The molecule has 0 radical (unpaired) electrons. The molecule has 5 heteroatoms. The summed E-state index contributed by atoms with van der Waals surface area (Å²) < 4.78 is 4.57. The van der Waals surface area contributed by atoms with Crippen molar-refractivity contribution in [1.29, 1.82) is 0 Å². The predicted octanol–water partition coefficient (Wildman–Crippen LogP) is 4.86. The van der Waals surface area contributed by atoms with Crippen LogP contribution in [0.25, 0.3) is 0 Å². The van der Waals surface area contributed by atoms with Gasteiger partial charge >= 0.3 is 5.97 Å². The fourth-order valence-corrected chi connectivity index (χ4v) is 4.36. The van der Waals surface area contributed by atoms with E-state index in [1.54, 1.807) is 11.8 Å². The molecule has 128 valence electrons. The van der Waals surface area contributed by atoms with Crippen molar-refractivity contribution in [3.05, 3.63) is 28.8 Å². The number of carbonyl (C=O) groups is 1. The lowest BCUT2D eigenvalue weighted by Crippen LogP contribution is -2.32. The lowest BCUT2D eigenvalue weighted by molar-refractivity contribution is -0.145. The van der Waals surface area contributed by atoms with E-state index in [-0.39, 0.29) is 5.97 Å². The third-order valence-corrected chi connectivity index (χ3v) is 5.86. The normalized spacial score (nSPS) is 17.7. The molecule has 1 aliphatic heterocycles. The van der Waals surface area contributed by atoms with Gasteiger partial charge in [-0.05, 0) is 56.6 Å². The van der Waals surface area contributed by atoms with Gasteiger partial charge in [0.2, 0.25) is 0 Å². The second-order valence-corrected chi connectivity index (χ2v) is 7.99. The maximum Gasteiger partial charge on any atom is 0.326 e. The smallest absolute Gasteiger partial charge is 0.326 e. The third kappa shape index (κ3) is 4.16. The summed E-state index contributed by atoms with van der Waals surface area (Å²) in [7, 11) is 0. The van der Waals surface area contributed by atoms with Crippen LogP contribution in [0.5, 0.6) is 0 Å². The SMILES string of the molecule is CCOC(=O)C(C)(SCC)c1ccc(N2CCCCC2)c(Cl)c1. The highest BCUT2D eigenvalue weighted by molar-refractivity contribution is 8.00. The second-order valence-electron chi connectivity index (χ2n) is 5.90. The first-order chi connectivity index (χ1) is 11.0. The average molecular weight is 356 g/mol. The summed E-state index contributed by atoms with van der Waals surface area (Å²) in [5, 5.41) is 0.719. The lowest BCUT2D eigenvalue weighted by Gasteiger charge is -2.31. The van der Waals surface area contributed by atoms with Gasteiger partial charge in [-0.2, -0.15) is 0 Å². The van der Waals surface area contributed by atoms with Gasteiger partial charge in [0.15, 0.2) is 0 Å². The standard InChI is InChI=1S/C18H26ClNO2S/c1-4-22-17(21)18(3,23-5-2)14-9-10-16(15(19)13-14)20-11-7-6-8-12-20/h9-10,13H,4-8,11-12H2,1-3H3. The quantitative estimate of drug-likeness (QED) is 0.681. The Balaban J connectivity index is 2.30. The zero-order valence-corrected chi connectivity index (χ0v) is 15.8. The Morgan fingerprint density at radius 3 is 2.57 bits per heavy atom. The fourth-order valence-electron chi connectivity index (χ4n) is 3.01. The van der Waals surface area contributed by atoms with Gasteiger partial charge in [0, 0.05) is 13.1 Å². The molecule has 0 N–H and O–H groups in total. The summed E-state index contributed by atoms with van der Waals surface area (Å²) in [6, 6.07) is 6.01. The van der Waals surface area contributed by atoms with E-state index in [1.807, 2.05) is 32.9 Å². The number of hydrogen-bond acceptors (Lipinski definition) is 4. The van der Waals surface area contributed by atoms with Crippen LogP contribution in [0.3, 0.4) is 0 Å². The average Bonchev–Trinajstić information content (AvgIpc) is 2.56. The van der Waals surface area contributed by atoms with E-state index in [4.69, 9.17) is 16.3 Å². The molecule has 0 bridgehead atoms. The number of ether oxygens (including phenoxy) is 1. The van der Waals surface area contributed by atoms with Crippen molar-refractivity contribution < 1.29 is 9.53 Å². The number of hydrogen-bond donors (Lipinski definition) is 0. The summed E-state index contributed by atoms with van der Waals surface area (Å²) >= 11 is 8.13. The van der Waals surface area contributed by atoms with Crippen LogP contribution in [0.15, 0.2) is 18.2 Å². The molecule has 3 nitrogen and oxygen atoms in total. The number of piperidine rings is 1.